The van der Waals surface area contributed by atoms with Crippen LogP contribution in [-0.4, -0.2) is 50.1 Å². The Kier molecular flexibility index (Phi) is 6.12. The number of benzene rings is 1. The first-order chi connectivity index (χ1) is 12.7. The number of aromatic nitrogens is 4. The van der Waals surface area contributed by atoms with Crippen LogP contribution in [0.5, 0.6) is 0 Å². The van der Waals surface area contributed by atoms with Crippen molar-refractivity contribution < 1.29 is 4.79 Å². The summed E-state index contributed by atoms with van der Waals surface area (Å²) in [6.45, 7) is 8.50. The van der Waals surface area contributed by atoms with Crippen molar-refractivity contribution in [3.05, 3.63) is 42.5 Å². The molecule has 7 nitrogen and oxygen atoms in total. The summed E-state index contributed by atoms with van der Waals surface area (Å²) in [5.74, 6) is 0.360. The predicted molar refractivity (Wildman–Crippen MR) is 100 cm³/mol. The third kappa shape index (κ3) is 4.76. The van der Waals surface area contributed by atoms with Crippen LogP contribution >= 0.6 is 0 Å². The van der Waals surface area contributed by atoms with E-state index in [1.807, 2.05) is 12.1 Å². The molecule has 1 atom stereocenters. The lowest BCUT2D eigenvalue weighted by Gasteiger charge is -2.33. The number of likely N-dealkylation sites (tertiary alicyclic amines) is 1. The fourth-order valence-electron chi connectivity index (χ4n) is 3.18. The summed E-state index contributed by atoms with van der Waals surface area (Å²) in [5, 5.41) is 15.0. The molecule has 0 radical (unpaired) electrons. The number of nitrogens with one attached hydrogen (secondary N) is 1. The van der Waals surface area contributed by atoms with Gasteiger partial charge in [-0.05, 0) is 37.1 Å². The van der Waals surface area contributed by atoms with Crippen molar-refractivity contribution in [2.45, 2.75) is 45.3 Å². The average molecular weight is 354 g/mol. The lowest BCUT2D eigenvalue weighted by Crippen LogP contribution is -2.36. The van der Waals surface area contributed by atoms with Gasteiger partial charge < -0.3 is 5.32 Å². The molecule has 0 saturated carbocycles. The van der Waals surface area contributed by atoms with E-state index in [9.17, 15) is 4.79 Å². The quantitative estimate of drug-likeness (QED) is 0.770. The Morgan fingerprint density at radius 2 is 2.15 bits per heavy atom. The van der Waals surface area contributed by atoms with Crippen LogP contribution in [0, 0.1) is 0 Å². The van der Waals surface area contributed by atoms with Gasteiger partial charge in [0, 0.05) is 24.7 Å². The number of hydrogen-bond donors (Lipinski definition) is 1. The molecule has 0 unspecified atom stereocenters. The number of carbonyl (C=O) groups is 1. The Bertz CT molecular complexity index is 739. The van der Waals surface area contributed by atoms with Gasteiger partial charge in [-0.1, -0.05) is 36.8 Å². The van der Waals surface area contributed by atoms with E-state index in [1.54, 1.807) is 6.08 Å². The molecule has 1 N–H and O–H groups in total. The fourth-order valence-corrected chi connectivity index (χ4v) is 3.18. The highest BCUT2D eigenvalue weighted by atomic mass is 16.2. The van der Waals surface area contributed by atoms with Crippen LogP contribution in [0.4, 0.5) is 0 Å². The molecule has 1 aromatic heterocycles. The van der Waals surface area contributed by atoms with Crippen molar-refractivity contribution in [2.24, 2.45) is 0 Å². The summed E-state index contributed by atoms with van der Waals surface area (Å²) in [4.78, 5) is 15.5. The number of piperidine rings is 1. The maximum Gasteiger partial charge on any atom is 0.243 e. The molecule has 1 aliphatic rings. The second-order valence-corrected chi connectivity index (χ2v) is 6.75. The highest BCUT2D eigenvalue weighted by molar-refractivity contribution is 5.75. The second-order valence-electron chi connectivity index (χ2n) is 6.75. The van der Waals surface area contributed by atoms with Gasteiger partial charge in [-0.2, -0.15) is 4.80 Å². The molecule has 1 saturated heterocycles. The van der Waals surface area contributed by atoms with Crippen LogP contribution in [-0.2, 0) is 17.9 Å². The third-order valence-electron chi connectivity index (χ3n) is 4.72. The molecule has 0 spiro atoms. The zero-order valence-corrected chi connectivity index (χ0v) is 15.3. The Labute approximate surface area is 154 Å². The van der Waals surface area contributed by atoms with E-state index >= 15 is 0 Å². The highest BCUT2D eigenvalue weighted by Gasteiger charge is 2.18. The lowest BCUT2D eigenvalue weighted by atomic mass is 10.0. The molecule has 1 aromatic carbocycles. The first-order valence-corrected chi connectivity index (χ1v) is 9.14. The SMILES string of the molecule is C=CCNC(=O)Cn1nnc(-c2ccc(CN3CCCC[C@H]3C)cc2)n1. The van der Waals surface area contributed by atoms with Crippen molar-refractivity contribution in [3.8, 4) is 11.4 Å². The number of carbonyl (C=O) groups excluding carboxylic acids is 1. The molecule has 1 aliphatic heterocycles. The van der Waals surface area contributed by atoms with E-state index in [-0.39, 0.29) is 12.5 Å². The van der Waals surface area contributed by atoms with Crippen LogP contribution in [0.15, 0.2) is 36.9 Å². The van der Waals surface area contributed by atoms with E-state index in [0.29, 0.717) is 18.4 Å². The summed E-state index contributed by atoms with van der Waals surface area (Å²) < 4.78 is 0. The molecule has 2 aromatic rings. The molecule has 0 bridgehead atoms. The largest absolute Gasteiger partial charge is 0.351 e. The van der Waals surface area contributed by atoms with Gasteiger partial charge in [0.2, 0.25) is 11.7 Å². The van der Waals surface area contributed by atoms with E-state index in [0.717, 1.165) is 12.1 Å². The smallest absolute Gasteiger partial charge is 0.243 e. The van der Waals surface area contributed by atoms with E-state index < -0.39 is 0 Å². The minimum Gasteiger partial charge on any atom is -0.351 e. The molecule has 7 heteroatoms. The van der Waals surface area contributed by atoms with E-state index in [2.05, 4.69) is 51.3 Å². The summed E-state index contributed by atoms with van der Waals surface area (Å²) >= 11 is 0. The van der Waals surface area contributed by atoms with Gasteiger partial charge in [0.25, 0.3) is 0 Å². The third-order valence-corrected chi connectivity index (χ3v) is 4.72. The molecule has 1 amide bonds. The van der Waals surface area contributed by atoms with Crippen LogP contribution in [0.1, 0.15) is 31.7 Å². The topological polar surface area (TPSA) is 75.9 Å². The molecular formula is C19H26N6O. The highest BCUT2D eigenvalue weighted by Crippen LogP contribution is 2.20. The summed E-state index contributed by atoms with van der Waals surface area (Å²) in [7, 11) is 0. The number of tetrazole rings is 1. The van der Waals surface area contributed by atoms with Crippen LogP contribution in [0.3, 0.4) is 0 Å². The second kappa shape index (κ2) is 8.71. The number of nitrogens with zero attached hydrogens (tertiary/aromatic N) is 5. The molecule has 26 heavy (non-hydrogen) atoms. The molecule has 3 rings (SSSR count). The van der Waals surface area contributed by atoms with Crippen molar-refractivity contribution in [1.82, 2.24) is 30.4 Å². The predicted octanol–water partition coefficient (Wildman–Crippen LogP) is 2.02. The zero-order chi connectivity index (χ0) is 18.4. The summed E-state index contributed by atoms with van der Waals surface area (Å²) in [6, 6.07) is 8.92. The number of rotatable bonds is 7. The van der Waals surface area contributed by atoms with E-state index in [4.69, 9.17) is 0 Å². The maximum absolute atomic E-state index is 11.7. The maximum atomic E-state index is 11.7. The normalized spacial score (nSPS) is 17.8. The first kappa shape index (κ1) is 18.3. The molecular weight excluding hydrogens is 328 g/mol. The average Bonchev–Trinajstić information content (AvgIpc) is 3.11. The summed E-state index contributed by atoms with van der Waals surface area (Å²) in [5.41, 5.74) is 2.19. The molecule has 138 valence electrons. The molecule has 0 aliphatic carbocycles. The van der Waals surface area contributed by atoms with Crippen LogP contribution < -0.4 is 5.32 Å². The van der Waals surface area contributed by atoms with Gasteiger partial charge in [0.15, 0.2) is 0 Å². The van der Waals surface area contributed by atoms with Crippen molar-refractivity contribution in [3.63, 3.8) is 0 Å². The van der Waals surface area contributed by atoms with Gasteiger partial charge in [0.05, 0.1) is 0 Å². The van der Waals surface area contributed by atoms with Gasteiger partial charge in [-0.25, -0.2) is 0 Å². The Hall–Kier alpha value is -2.54. The van der Waals surface area contributed by atoms with Gasteiger partial charge in [-0.15, -0.1) is 16.8 Å². The molecule has 1 fully saturated rings. The minimum atomic E-state index is -0.167. The van der Waals surface area contributed by atoms with Crippen molar-refractivity contribution in [1.29, 1.82) is 0 Å². The number of hydrogen-bond acceptors (Lipinski definition) is 5. The van der Waals surface area contributed by atoms with Gasteiger partial charge in [0.1, 0.15) is 6.54 Å². The molecule has 2 heterocycles. The Morgan fingerprint density at radius 3 is 2.88 bits per heavy atom. The Morgan fingerprint density at radius 1 is 1.35 bits per heavy atom. The Balaban J connectivity index is 1.60. The number of amides is 1. The minimum absolute atomic E-state index is 0.0474. The van der Waals surface area contributed by atoms with Gasteiger partial charge >= 0.3 is 0 Å². The van der Waals surface area contributed by atoms with E-state index in [1.165, 1.54) is 36.2 Å². The van der Waals surface area contributed by atoms with Gasteiger partial charge in [-0.3, -0.25) is 9.69 Å². The first-order valence-electron chi connectivity index (χ1n) is 9.14. The standard InChI is InChI=1S/C19H26N6O/c1-3-11-20-18(26)14-25-22-19(21-23-25)17-9-7-16(8-10-17)13-24-12-5-4-6-15(24)2/h3,7-10,15H,1,4-6,11-14H2,2H3,(H,20,26)/t15-/m1/s1. The monoisotopic (exact) mass is 354 g/mol. The van der Waals surface area contributed by atoms with Crippen LogP contribution in [0.25, 0.3) is 11.4 Å². The fraction of sp³-hybridized carbons (Fsp3) is 0.474. The van der Waals surface area contributed by atoms with Crippen molar-refractivity contribution in [2.75, 3.05) is 13.1 Å². The lowest BCUT2D eigenvalue weighted by molar-refractivity contribution is -0.121. The zero-order valence-electron chi connectivity index (χ0n) is 15.3. The summed E-state index contributed by atoms with van der Waals surface area (Å²) in [6.07, 6.45) is 5.54. The van der Waals surface area contributed by atoms with Crippen LogP contribution in [0.2, 0.25) is 0 Å². The van der Waals surface area contributed by atoms with Crippen molar-refractivity contribution >= 4 is 5.91 Å².